The van der Waals surface area contributed by atoms with Crippen molar-refractivity contribution in [2.75, 3.05) is 5.32 Å². The van der Waals surface area contributed by atoms with E-state index in [9.17, 15) is 0 Å². The number of nitrogens with one attached hydrogen (secondary N) is 1. The van der Waals surface area contributed by atoms with Gasteiger partial charge in [0, 0.05) is 18.9 Å². The summed E-state index contributed by atoms with van der Waals surface area (Å²) < 4.78 is 1.89. The van der Waals surface area contributed by atoms with Gasteiger partial charge >= 0.3 is 0 Å². The lowest BCUT2D eigenvalue weighted by molar-refractivity contribution is 0.676. The van der Waals surface area contributed by atoms with Crippen LogP contribution in [0, 0.1) is 6.92 Å². The Hall–Kier alpha value is -1.77. The van der Waals surface area contributed by atoms with Crippen molar-refractivity contribution in [2.45, 2.75) is 19.9 Å². The maximum Gasteiger partial charge on any atom is 0.0653 e. The Kier molecular flexibility index (Phi) is 2.95. The van der Waals surface area contributed by atoms with Crippen molar-refractivity contribution in [1.29, 1.82) is 0 Å². The van der Waals surface area contributed by atoms with Crippen molar-refractivity contribution >= 4 is 5.69 Å². The molecule has 1 aromatic heterocycles. The van der Waals surface area contributed by atoms with Crippen molar-refractivity contribution in [2.24, 2.45) is 7.05 Å². The monoisotopic (exact) mass is 215 g/mol. The second-order valence-electron chi connectivity index (χ2n) is 4.11. The Morgan fingerprint density at radius 2 is 1.88 bits per heavy atom. The third-order valence-corrected chi connectivity index (χ3v) is 2.74. The lowest BCUT2D eigenvalue weighted by Gasteiger charge is -2.15. The van der Waals surface area contributed by atoms with Gasteiger partial charge < -0.3 is 5.32 Å². The van der Waals surface area contributed by atoms with Crippen LogP contribution in [0.5, 0.6) is 0 Å². The maximum absolute atomic E-state index is 4.17. The predicted molar refractivity (Wildman–Crippen MR) is 66.4 cm³/mol. The molecule has 0 radical (unpaired) electrons. The van der Waals surface area contributed by atoms with E-state index in [0.29, 0.717) is 0 Å². The van der Waals surface area contributed by atoms with Crippen LogP contribution in [-0.2, 0) is 7.05 Å². The number of hydrogen-bond donors (Lipinski definition) is 1. The molecule has 1 unspecified atom stereocenters. The van der Waals surface area contributed by atoms with E-state index < -0.39 is 0 Å². The van der Waals surface area contributed by atoms with Gasteiger partial charge in [0.2, 0.25) is 0 Å². The normalized spacial score (nSPS) is 12.4. The Morgan fingerprint density at radius 1 is 1.19 bits per heavy atom. The molecule has 1 heterocycles. The molecule has 2 rings (SSSR count). The molecule has 1 aromatic carbocycles. The van der Waals surface area contributed by atoms with Gasteiger partial charge in [0.1, 0.15) is 0 Å². The van der Waals surface area contributed by atoms with Crippen LogP contribution in [0.15, 0.2) is 36.5 Å². The summed E-state index contributed by atoms with van der Waals surface area (Å²) in [7, 11) is 1.96. The topological polar surface area (TPSA) is 29.9 Å². The fraction of sp³-hybridized carbons (Fsp3) is 0.308. The van der Waals surface area contributed by atoms with Gasteiger partial charge in [-0.3, -0.25) is 4.68 Å². The molecule has 0 fully saturated rings. The number of hydrogen-bond acceptors (Lipinski definition) is 2. The minimum absolute atomic E-state index is 0.259. The van der Waals surface area contributed by atoms with Crippen LogP contribution in [0.1, 0.15) is 24.2 Å². The number of anilines is 1. The summed E-state index contributed by atoms with van der Waals surface area (Å²) in [5.41, 5.74) is 3.60. The average molecular weight is 215 g/mol. The third-order valence-electron chi connectivity index (χ3n) is 2.74. The Labute approximate surface area is 96.1 Å². The van der Waals surface area contributed by atoms with E-state index >= 15 is 0 Å². The Bertz CT molecular complexity index is 456. The molecule has 84 valence electrons. The first-order valence-electron chi connectivity index (χ1n) is 5.48. The molecule has 0 aliphatic heterocycles. The molecular formula is C13H17N3. The summed E-state index contributed by atoms with van der Waals surface area (Å²) in [6.07, 6.45) is 1.82. The van der Waals surface area contributed by atoms with E-state index in [1.165, 1.54) is 11.3 Å². The summed E-state index contributed by atoms with van der Waals surface area (Å²) in [4.78, 5) is 0. The van der Waals surface area contributed by atoms with Gasteiger partial charge in [-0.25, -0.2) is 0 Å². The molecule has 0 spiro atoms. The van der Waals surface area contributed by atoms with E-state index in [1.54, 1.807) is 0 Å². The fourth-order valence-corrected chi connectivity index (χ4v) is 1.78. The Balaban J connectivity index is 2.10. The van der Waals surface area contributed by atoms with Crippen molar-refractivity contribution in [3.05, 3.63) is 47.8 Å². The summed E-state index contributed by atoms with van der Waals surface area (Å²) >= 11 is 0. The highest BCUT2D eigenvalue weighted by Gasteiger charge is 2.08. The number of aryl methyl sites for hydroxylation is 2. The lowest BCUT2D eigenvalue weighted by atomic mass is 10.2. The average Bonchev–Trinajstić information content (AvgIpc) is 2.68. The summed E-state index contributed by atoms with van der Waals surface area (Å²) in [6.45, 7) is 4.23. The number of aromatic nitrogens is 2. The fourth-order valence-electron chi connectivity index (χ4n) is 1.78. The van der Waals surface area contributed by atoms with Gasteiger partial charge in [-0.2, -0.15) is 5.10 Å². The molecule has 0 aliphatic carbocycles. The number of nitrogens with zero attached hydrogens (tertiary/aromatic N) is 2. The number of rotatable bonds is 3. The van der Waals surface area contributed by atoms with Gasteiger partial charge in [0.25, 0.3) is 0 Å². The van der Waals surface area contributed by atoms with Crippen LogP contribution in [0.25, 0.3) is 0 Å². The van der Waals surface area contributed by atoms with Gasteiger partial charge in [-0.05, 0) is 32.0 Å². The quantitative estimate of drug-likeness (QED) is 0.853. The molecule has 0 amide bonds. The first-order chi connectivity index (χ1) is 7.66. The molecule has 0 bridgehead atoms. The molecule has 0 saturated carbocycles. The van der Waals surface area contributed by atoms with Crippen LogP contribution >= 0.6 is 0 Å². The lowest BCUT2D eigenvalue weighted by Crippen LogP contribution is -2.11. The third kappa shape index (κ3) is 2.24. The molecule has 0 aliphatic rings. The van der Waals surface area contributed by atoms with Crippen LogP contribution < -0.4 is 5.32 Å². The molecule has 3 nitrogen and oxygen atoms in total. The van der Waals surface area contributed by atoms with Crippen LogP contribution in [0.3, 0.4) is 0 Å². The molecule has 3 heteroatoms. The first kappa shape index (κ1) is 10.7. The summed E-state index contributed by atoms with van der Waals surface area (Å²) in [6, 6.07) is 10.7. The van der Waals surface area contributed by atoms with Gasteiger partial charge in [-0.1, -0.05) is 17.7 Å². The van der Waals surface area contributed by atoms with Crippen molar-refractivity contribution < 1.29 is 0 Å². The summed E-state index contributed by atoms with van der Waals surface area (Å²) in [5, 5.41) is 7.62. The smallest absolute Gasteiger partial charge is 0.0653 e. The maximum atomic E-state index is 4.17. The standard InChI is InChI=1S/C13H17N3/c1-10-4-6-12(7-5-10)15-11(2)13-8-9-14-16(13)3/h4-9,11,15H,1-3H3. The summed E-state index contributed by atoms with van der Waals surface area (Å²) in [5.74, 6) is 0. The van der Waals surface area contributed by atoms with Crippen LogP contribution in [-0.4, -0.2) is 9.78 Å². The Morgan fingerprint density at radius 3 is 2.44 bits per heavy atom. The minimum Gasteiger partial charge on any atom is -0.377 e. The zero-order valence-corrected chi connectivity index (χ0v) is 9.94. The molecule has 16 heavy (non-hydrogen) atoms. The van der Waals surface area contributed by atoms with E-state index in [0.717, 1.165) is 5.69 Å². The largest absolute Gasteiger partial charge is 0.377 e. The zero-order valence-electron chi connectivity index (χ0n) is 9.94. The van der Waals surface area contributed by atoms with Crippen LogP contribution in [0.2, 0.25) is 0 Å². The van der Waals surface area contributed by atoms with E-state index in [4.69, 9.17) is 0 Å². The first-order valence-corrected chi connectivity index (χ1v) is 5.48. The van der Waals surface area contributed by atoms with Crippen molar-refractivity contribution in [3.8, 4) is 0 Å². The number of benzene rings is 1. The molecule has 1 atom stereocenters. The molecule has 2 aromatic rings. The van der Waals surface area contributed by atoms with E-state index in [2.05, 4.69) is 48.5 Å². The molecule has 0 saturated heterocycles. The van der Waals surface area contributed by atoms with Crippen LogP contribution in [0.4, 0.5) is 5.69 Å². The molecule has 1 N–H and O–H groups in total. The van der Waals surface area contributed by atoms with Gasteiger partial charge in [-0.15, -0.1) is 0 Å². The predicted octanol–water partition coefficient (Wildman–Crippen LogP) is 2.90. The second-order valence-corrected chi connectivity index (χ2v) is 4.11. The van der Waals surface area contributed by atoms with E-state index in [1.807, 2.05) is 24.0 Å². The highest BCUT2D eigenvalue weighted by Crippen LogP contribution is 2.18. The SMILES string of the molecule is Cc1ccc(NC(C)c2ccnn2C)cc1. The molecular weight excluding hydrogens is 198 g/mol. The van der Waals surface area contributed by atoms with Gasteiger partial charge in [0.15, 0.2) is 0 Å². The zero-order chi connectivity index (χ0) is 11.5. The van der Waals surface area contributed by atoms with Crippen molar-refractivity contribution in [3.63, 3.8) is 0 Å². The minimum atomic E-state index is 0.259. The van der Waals surface area contributed by atoms with E-state index in [-0.39, 0.29) is 6.04 Å². The van der Waals surface area contributed by atoms with Gasteiger partial charge in [0.05, 0.1) is 11.7 Å². The highest BCUT2D eigenvalue weighted by molar-refractivity contribution is 5.45. The second kappa shape index (κ2) is 4.39. The highest BCUT2D eigenvalue weighted by atomic mass is 15.3. The van der Waals surface area contributed by atoms with Crippen molar-refractivity contribution in [1.82, 2.24) is 9.78 Å².